The SMILES string of the molecule is CC(CCOc1ccccc1)C(=O)N1CCC(N)CC1. The summed E-state index contributed by atoms with van der Waals surface area (Å²) in [5, 5.41) is 0. The fourth-order valence-electron chi connectivity index (χ4n) is 2.43. The number of carbonyl (C=O) groups excluding carboxylic acids is 1. The third-order valence-electron chi connectivity index (χ3n) is 3.84. The van der Waals surface area contributed by atoms with Crippen molar-refractivity contribution in [1.29, 1.82) is 0 Å². The van der Waals surface area contributed by atoms with E-state index in [-0.39, 0.29) is 17.9 Å². The van der Waals surface area contributed by atoms with E-state index in [0.29, 0.717) is 6.61 Å². The van der Waals surface area contributed by atoms with Gasteiger partial charge < -0.3 is 15.4 Å². The molecule has 1 heterocycles. The van der Waals surface area contributed by atoms with Crippen LogP contribution >= 0.6 is 0 Å². The predicted molar refractivity (Wildman–Crippen MR) is 79.5 cm³/mol. The zero-order valence-electron chi connectivity index (χ0n) is 12.1. The van der Waals surface area contributed by atoms with Crippen LogP contribution in [0.1, 0.15) is 26.2 Å². The van der Waals surface area contributed by atoms with Gasteiger partial charge in [-0.1, -0.05) is 25.1 Å². The first-order valence-electron chi connectivity index (χ1n) is 7.39. The van der Waals surface area contributed by atoms with Crippen LogP contribution in [0.4, 0.5) is 0 Å². The van der Waals surface area contributed by atoms with E-state index in [1.54, 1.807) is 0 Å². The van der Waals surface area contributed by atoms with E-state index in [1.165, 1.54) is 0 Å². The summed E-state index contributed by atoms with van der Waals surface area (Å²) in [5.74, 6) is 1.10. The summed E-state index contributed by atoms with van der Waals surface area (Å²) in [5.41, 5.74) is 5.86. The van der Waals surface area contributed by atoms with Crippen molar-refractivity contribution in [2.75, 3.05) is 19.7 Å². The number of amides is 1. The molecule has 0 aliphatic carbocycles. The lowest BCUT2D eigenvalue weighted by molar-refractivity contribution is -0.136. The number of ether oxygens (including phenoxy) is 1. The van der Waals surface area contributed by atoms with Gasteiger partial charge in [0.2, 0.25) is 5.91 Å². The fourth-order valence-corrected chi connectivity index (χ4v) is 2.43. The Balaban J connectivity index is 1.71. The van der Waals surface area contributed by atoms with Crippen molar-refractivity contribution >= 4 is 5.91 Å². The lowest BCUT2D eigenvalue weighted by atomic mass is 10.0. The highest BCUT2D eigenvalue weighted by molar-refractivity contribution is 5.78. The molecule has 20 heavy (non-hydrogen) atoms. The Morgan fingerprint density at radius 3 is 2.65 bits per heavy atom. The minimum atomic E-state index is 0.00744. The van der Waals surface area contributed by atoms with E-state index >= 15 is 0 Å². The van der Waals surface area contributed by atoms with Crippen molar-refractivity contribution in [1.82, 2.24) is 4.90 Å². The second-order valence-electron chi connectivity index (χ2n) is 5.51. The average molecular weight is 276 g/mol. The van der Waals surface area contributed by atoms with Gasteiger partial charge >= 0.3 is 0 Å². The summed E-state index contributed by atoms with van der Waals surface area (Å²) >= 11 is 0. The lowest BCUT2D eigenvalue weighted by Gasteiger charge is -2.32. The van der Waals surface area contributed by atoms with E-state index in [1.807, 2.05) is 42.2 Å². The molecule has 2 rings (SSSR count). The summed E-state index contributed by atoms with van der Waals surface area (Å²) < 4.78 is 5.64. The van der Waals surface area contributed by atoms with Crippen LogP contribution in [-0.2, 0) is 4.79 Å². The van der Waals surface area contributed by atoms with Crippen molar-refractivity contribution < 1.29 is 9.53 Å². The van der Waals surface area contributed by atoms with Crippen LogP contribution in [-0.4, -0.2) is 36.5 Å². The molecule has 0 aromatic heterocycles. The Morgan fingerprint density at radius 2 is 2.00 bits per heavy atom. The largest absolute Gasteiger partial charge is 0.494 e. The number of nitrogens with zero attached hydrogens (tertiary/aromatic N) is 1. The number of carbonyl (C=O) groups is 1. The van der Waals surface area contributed by atoms with Crippen LogP contribution < -0.4 is 10.5 Å². The Morgan fingerprint density at radius 1 is 1.35 bits per heavy atom. The van der Waals surface area contributed by atoms with Crippen molar-refractivity contribution in [3.63, 3.8) is 0 Å². The summed E-state index contributed by atoms with van der Waals surface area (Å²) in [7, 11) is 0. The molecule has 0 bridgehead atoms. The maximum Gasteiger partial charge on any atom is 0.225 e. The number of piperidine rings is 1. The number of likely N-dealkylation sites (tertiary alicyclic amines) is 1. The van der Waals surface area contributed by atoms with Crippen LogP contribution in [0.2, 0.25) is 0 Å². The molecule has 1 atom stereocenters. The molecule has 4 nitrogen and oxygen atoms in total. The van der Waals surface area contributed by atoms with Gasteiger partial charge in [0.05, 0.1) is 6.61 Å². The van der Waals surface area contributed by atoms with Gasteiger partial charge in [0.1, 0.15) is 5.75 Å². The van der Waals surface area contributed by atoms with Crippen LogP contribution in [0.3, 0.4) is 0 Å². The smallest absolute Gasteiger partial charge is 0.225 e. The van der Waals surface area contributed by atoms with Gasteiger partial charge in [0.25, 0.3) is 0 Å². The third-order valence-corrected chi connectivity index (χ3v) is 3.84. The molecular weight excluding hydrogens is 252 g/mol. The zero-order chi connectivity index (χ0) is 14.4. The number of hydrogen-bond donors (Lipinski definition) is 1. The van der Waals surface area contributed by atoms with Gasteiger partial charge in [-0.3, -0.25) is 4.79 Å². The Labute approximate surface area is 120 Å². The number of rotatable bonds is 5. The summed E-state index contributed by atoms with van der Waals surface area (Å²) in [4.78, 5) is 14.2. The first-order valence-corrected chi connectivity index (χ1v) is 7.39. The Bertz CT molecular complexity index is 414. The van der Waals surface area contributed by atoms with E-state index in [9.17, 15) is 4.79 Å². The van der Waals surface area contributed by atoms with Gasteiger partial charge in [-0.15, -0.1) is 0 Å². The second kappa shape index (κ2) is 7.29. The molecule has 1 aromatic carbocycles. The maximum absolute atomic E-state index is 12.3. The maximum atomic E-state index is 12.3. The normalized spacial score (nSPS) is 17.8. The highest BCUT2D eigenvalue weighted by Gasteiger charge is 2.24. The van der Waals surface area contributed by atoms with Gasteiger partial charge in [-0.05, 0) is 31.4 Å². The molecule has 1 aromatic rings. The first-order chi connectivity index (χ1) is 9.66. The van der Waals surface area contributed by atoms with E-state index in [0.717, 1.165) is 38.1 Å². The molecule has 0 radical (unpaired) electrons. The third kappa shape index (κ3) is 4.23. The Kier molecular flexibility index (Phi) is 5.41. The summed E-state index contributed by atoms with van der Waals surface area (Å²) in [6.07, 6.45) is 2.58. The lowest BCUT2D eigenvalue weighted by Crippen LogP contribution is -2.44. The number of benzene rings is 1. The molecule has 2 N–H and O–H groups in total. The average Bonchev–Trinajstić information content (AvgIpc) is 2.48. The molecule has 110 valence electrons. The molecule has 4 heteroatoms. The van der Waals surface area contributed by atoms with Crippen molar-refractivity contribution in [2.45, 2.75) is 32.2 Å². The van der Waals surface area contributed by atoms with Crippen LogP contribution in [0.15, 0.2) is 30.3 Å². The number of hydrogen-bond acceptors (Lipinski definition) is 3. The van der Waals surface area contributed by atoms with E-state index < -0.39 is 0 Å². The molecule has 0 spiro atoms. The molecule has 1 amide bonds. The zero-order valence-corrected chi connectivity index (χ0v) is 12.1. The molecule has 1 saturated heterocycles. The Hall–Kier alpha value is -1.55. The molecule has 1 fully saturated rings. The van der Waals surface area contributed by atoms with Crippen LogP contribution in [0.5, 0.6) is 5.75 Å². The topological polar surface area (TPSA) is 55.6 Å². The van der Waals surface area contributed by atoms with Crippen LogP contribution in [0.25, 0.3) is 0 Å². The minimum absolute atomic E-state index is 0.00744. The molecular formula is C16H24N2O2. The quantitative estimate of drug-likeness (QED) is 0.895. The monoisotopic (exact) mass is 276 g/mol. The van der Waals surface area contributed by atoms with Gasteiger partial charge in [0, 0.05) is 25.0 Å². The summed E-state index contributed by atoms with van der Waals surface area (Å²) in [6, 6.07) is 9.97. The summed E-state index contributed by atoms with van der Waals surface area (Å²) in [6.45, 7) is 4.14. The molecule has 1 aliphatic heterocycles. The standard InChI is InChI=1S/C16H24N2O2/c1-13(9-12-20-15-5-3-2-4-6-15)16(19)18-10-7-14(17)8-11-18/h2-6,13-14H,7-12,17H2,1H3. The van der Waals surface area contributed by atoms with Gasteiger partial charge in [-0.2, -0.15) is 0 Å². The van der Waals surface area contributed by atoms with Gasteiger partial charge in [0.15, 0.2) is 0 Å². The second-order valence-corrected chi connectivity index (χ2v) is 5.51. The predicted octanol–water partition coefficient (Wildman–Crippen LogP) is 2.04. The van der Waals surface area contributed by atoms with Crippen molar-refractivity contribution in [2.24, 2.45) is 11.7 Å². The number of nitrogens with two attached hydrogens (primary N) is 1. The van der Waals surface area contributed by atoms with Gasteiger partial charge in [-0.25, -0.2) is 0 Å². The van der Waals surface area contributed by atoms with Crippen LogP contribution in [0, 0.1) is 5.92 Å². The highest BCUT2D eigenvalue weighted by atomic mass is 16.5. The van der Waals surface area contributed by atoms with E-state index in [4.69, 9.17) is 10.5 Å². The first kappa shape index (κ1) is 14.9. The minimum Gasteiger partial charge on any atom is -0.494 e. The highest BCUT2D eigenvalue weighted by Crippen LogP contribution is 2.15. The molecule has 0 saturated carbocycles. The van der Waals surface area contributed by atoms with E-state index in [2.05, 4.69) is 0 Å². The van der Waals surface area contributed by atoms with Crippen molar-refractivity contribution in [3.05, 3.63) is 30.3 Å². The van der Waals surface area contributed by atoms with Crippen molar-refractivity contribution in [3.8, 4) is 5.75 Å². The number of para-hydroxylation sites is 1. The molecule has 1 unspecified atom stereocenters. The molecule has 1 aliphatic rings. The fraction of sp³-hybridized carbons (Fsp3) is 0.562.